The lowest BCUT2D eigenvalue weighted by molar-refractivity contribution is 0.211. The Hall–Kier alpha value is -2.11. The van der Waals surface area contributed by atoms with Crippen molar-refractivity contribution in [3.8, 4) is 6.07 Å². The molecule has 2 aromatic rings. The number of rotatable bonds is 3. The normalized spacial score (nSPS) is 12.1. The second-order valence-electron chi connectivity index (χ2n) is 3.87. The van der Waals surface area contributed by atoms with Crippen molar-refractivity contribution in [2.24, 2.45) is 0 Å². The zero-order chi connectivity index (χ0) is 12.1. The van der Waals surface area contributed by atoms with Crippen molar-refractivity contribution in [1.82, 2.24) is 0 Å². The highest BCUT2D eigenvalue weighted by atomic mass is 16.3. The molecule has 0 aliphatic rings. The summed E-state index contributed by atoms with van der Waals surface area (Å²) < 4.78 is 0. The molecule has 1 N–H and O–H groups in total. The van der Waals surface area contributed by atoms with Gasteiger partial charge in [-0.05, 0) is 11.1 Å². The molecule has 2 rings (SSSR count). The van der Waals surface area contributed by atoms with Crippen LogP contribution < -0.4 is 0 Å². The van der Waals surface area contributed by atoms with Crippen LogP contribution in [0.15, 0.2) is 60.7 Å². The number of nitrogens with zero attached hydrogens (tertiary/aromatic N) is 1. The Morgan fingerprint density at radius 2 is 1.24 bits per heavy atom. The van der Waals surface area contributed by atoms with Crippen molar-refractivity contribution in [2.45, 2.75) is 12.0 Å². The fraction of sp³-hybridized carbons (Fsp3) is 0.133. The van der Waals surface area contributed by atoms with Crippen LogP contribution in [0.1, 0.15) is 17.0 Å². The van der Waals surface area contributed by atoms with Gasteiger partial charge in [0.1, 0.15) is 0 Å². The maximum Gasteiger partial charge on any atom is 0.151 e. The number of benzene rings is 2. The summed E-state index contributed by atoms with van der Waals surface area (Å²) in [6, 6.07) is 21.1. The van der Waals surface area contributed by atoms with E-state index in [9.17, 15) is 5.11 Å². The van der Waals surface area contributed by atoms with Crippen LogP contribution in [0.25, 0.3) is 0 Å². The minimum absolute atomic E-state index is 0.289. The van der Waals surface area contributed by atoms with Crippen LogP contribution in [-0.2, 0) is 0 Å². The highest BCUT2D eigenvalue weighted by Gasteiger charge is 2.22. The maximum absolute atomic E-state index is 9.86. The van der Waals surface area contributed by atoms with Crippen molar-refractivity contribution >= 4 is 0 Å². The third-order valence-electron chi connectivity index (χ3n) is 2.77. The van der Waals surface area contributed by atoms with Crippen molar-refractivity contribution in [3.05, 3.63) is 71.8 Å². The predicted octanol–water partition coefficient (Wildman–Crippen LogP) is 2.70. The summed E-state index contributed by atoms with van der Waals surface area (Å²) in [5.41, 5.74) is 1.90. The van der Waals surface area contributed by atoms with E-state index in [0.29, 0.717) is 0 Å². The number of hydrogen-bond donors (Lipinski definition) is 1. The Bertz CT molecular complexity index is 462. The molecule has 2 heteroatoms. The smallest absolute Gasteiger partial charge is 0.151 e. The van der Waals surface area contributed by atoms with Crippen LogP contribution in [0.3, 0.4) is 0 Å². The van der Waals surface area contributed by atoms with Crippen LogP contribution in [-0.4, -0.2) is 11.2 Å². The van der Waals surface area contributed by atoms with Crippen LogP contribution in [0.2, 0.25) is 0 Å². The van der Waals surface area contributed by atoms with E-state index < -0.39 is 6.10 Å². The molecular weight excluding hydrogens is 210 g/mol. The molecule has 84 valence electrons. The van der Waals surface area contributed by atoms with Crippen LogP contribution in [0.5, 0.6) is 0 Å². The third-order valence-corrected chi connectivity index (χ3v) is 2.77. The SMILES string of the molecule is N#CC(O)C(c1ccccc1)c1ccccc1. The first kappa shape index (κ1) is 11.4. The molecule has 17 heavy (non-hydrogen) atoms. The molecular formula is C15H13NO. The maximum atomic E-state index is 9.86. The highest BCUT2D eigenvalue weighted by Crippen LogP contribution is 2.27. The molecule has 0 amide bonds. The third kappa shape index (κ3) is 2.52. The monoisotopic (exact) mass is 223 g/mol. The topological polar surface area (TPSA) is 44.0 Å². The van der Waals surface area contributed by atoms with E-state index >= 15 is 0 Å². The summed E-state index contributed by atoms with van der Waals surface area (Å²) >= 11 is 0. The molecule has 2 nitrogen and oxygen atoms in total. The van der Waals surface area contributed by atoms with E-state index in [1.165, 1.54) is 0 Å². The quantitative estimate of drug-likeness (QED) is 0.813. The first-order valence-corrected chi connectivity index (χ1v) is 5.50. The molecule has 0 radical (unpaired) electrons. The van der Waals surface area contributed by atoms with E-state index in [4.69, 9.17) is 5.26 Å². The molecule has 0 aromatic heterocycles. The largest absolute Gasteiger partial charge is 0.377 e. The van der Waals surface area contributed by atoms with Gasteiger partial charge in [0.2, 0.25) is 0 Å². The summed E-state index contributed by atoms with van der Waals surface area (Å²) in [5, 5.41) is 18.8. The van der Waals surface area contributed by atoms with Gasteiger partial charge in [0.15, 0.2) is 6.10 Å². The van der Waals surface area contributed by atoms with Crippen LogP contribution >= 0.6 is 0 Å². The molecule has 1 unspecified atom stereocenters. The first-order valence-electron chi connectivity index (χ1n) is 5.50. The van der Waals surface area contributed by atoms with Gasteiger partial charge in [0, 0.05) is 5.92 Å². The van der Waals surface area contributed by atoms with E-state index in [1.54, 1.807) is 0 Å². The predicted molar refractivity (Wildman–Crippen MR) is 66.3 cm³/mol. The molecule has 1 atom stereocenters. The van der Waals surface area contributed by atoms with E-state index in [1.807, 2.05) is 66.7 Å². The first-order chi connectivity index (χ1) is 8.33. The molecule has 0 spiro atoms. The average molecular weight is 223 g/mol. The van der Waals surface area contributed by atoms with Crippen molar-refractivity contribution < 1.29 is 5.11 Å². The Labute approximate surface area is 101 Å². The highest BCUT2D eigenvalue weighted by molar-refractivity contribution is 5.35. The fourth-order valence-corrected chi connectivity index (χ4v) is 1.95. The van der Waals surface area contributed by atoms with E-state index in [0.717, 1.165) is 11.1 Å². The molecule has 0 saturated carbocycles. The zero-order valence-electron chi connectivity index (χ0n) is 9.32. The molecule has 0 heterocycles. The Morgan fingerprint density at radius 3 is 1.59 bits per heavy atom. The van der Waals surface area contributed by atoms with Gasteiger partial charge in [0.25, 0.3) is 0 Å². The van der Waals surface area contributed by atoms with E-state index in [2.05, 4.69) is 0 Å². The van der Waals surface area contributed by atoms with Gasteiger partial charge >= 0.3 is 0 Å². The lowest BCUT2D eigenvalue weighted by atomic mass is 9.87. The van der Waals surface area contributed by atoms with Crippen molar-refractivity contribution in [2.75, 3.05) is 0 Å². The molecule has 0 aliphatic heterocycles. The average Bonchev–Trinajstić information content (AvgIpc) is 2.41. The summed E-state index contributed by atoms with van der Waals surface area (Å²) in [5.74, 6) is -0.289. The second-order valence-corrected chi connectivity index (χ2v) is 3.87. The summed E-state index contributed by atoms with van der Waals surface area (Å²) in [6.45, 7) is 0. The van der Waals surface area contributed by atoms with Gasteiger partial charge < -0.3 is 5.11 Å². The van der Waals surface area contributed by atoms with Crippen molar-refractivity contribution in [3.63, 3.8) is 0 Å². The lowest BCUT2D eigenvalue weighted by Gasteiger charge is -2.19. The lowest BCUT2D eigenvalue weighted by Crippen LogP contribution is -2.17. The Morgan fingerprint density at radius 1 is 0.824 bits per heavy atom. The van der Waals surface area contributed by atoms with Gasteiger partial charge in [0.05, 0.1) is 6.07 Å². The summed E-state index contributed by atoms with van der Waals surface area (Å²) in [4.78, 5) is 0. The number of aliphatic hydroxyl groups is 1. The van der Waals surface area contributed by atoms with Crippen LogP contribution in [0, 0.1) is 11.3 Å². The Balaban J connectivity index is 2.44. The van der Waals surface area contributed by atoms with Crippen LogP contribution in [0.4, 0.5) is 0 Å². The van der Waals surface area contributed by atoms with Gasteiger partial charge in [-0.2, -0.15) is 5.26 Å². The standard InChI is InChI=1S/C15H13NO/c16-11-14(17)15(12-7-3-1-4-8-12)13-9-5-2-6-10-13/h1-10,14-15,17H. The van der Waals surface area contributed by atoms with Gasteiger partial charge in [-0.3, -0.25) is 0 Å². The summed E-state index contributed by atoms with van der Waals surface area (Å²) in [6.07, 6.45) is -1.03. The summed E-state index contributed by atoms with van der Waals surface area (Å²) in [7, 11) is 0. The molecule has 0 aliphatic carbocycles. The van der Waals surface area contributed by atoms with E-state index in [-0.39, 0.29) is 5.92 Å². The molecule has 0 saturated heterocycles. The number of aliphatic hydroxyl groups excluding tert-OH is 1. The number of hydrogen-bond acceptors (Lipinski definition) is 2. The molecule has 0 fully saturated rings. The second kappa shape index (κ2) is 5.29. The fourth-order valence-electron chi connectivity index (χ4n) is 1.95. The molecule has 2 aromatic carbocycles. The van der Waals surface area contributed by atoms with Gasteiger partial charge in [-0.1, -0.05) is 60.7 Å². The Kier molecular flexibility index (Phi) is 3.54. The van der Waals surface area contributed by atoms with Gasteiger partial charge in [-0.15, -0.1) is 0 Å². The number of nitriles is 1. The zero-order valence-corrected chi connectivity index (χ0v) is 9.32. The molecule has 0 bridgehead atoms. The minimum atomic E-state index is -1.03. The van der Waals surface area contributed by atoms with Crippen molar-refractivity contribution in [1.29, 1.82) is 5.26 Å². The van der Waals surface area contributed by atoms with Gasteiger partial charge in [-0.25, -0.2) is 0 Å². The minimum Gasteiger partial charge on any atom is -0.377 e.